The van der Waals surface area contributed by atoms with E-state index in [1.807, 2.05) is 36.9 Å². The monoisotopic (exact) mass is 382 g/mol. The Morgan fingerprint density at radius 3 is 2.46 bits per heavy atom. The number of rotatable bonds is 3. The lowest BCUT2D eigenvalue weighted by Crippen LogP contribution is -2.49. The van der Waals surface area contributed by atoms with Gasteiger partial charge < -0.3 is 9.80 Å². The molecule has 0 spiro atoms. The average molecular weight is 383 g/mol. The number of amides is 2. The van der Waals surface area contributed by atoms with E-state index in [1.165, 1.54) is 30.9 Å². The first kappa shape index (κ1) is 19.1. The summed E-state index contributed by atoms with van der Waals surface area (Å²) in [6.45, 7) is 7.96. The summed E-state index contributed by atoms with van der Waals surface area (Å²) in [6, 6.07) is 6.60. The van der Waals surface area contributed by atoms with E-state index in [0.717, 1.165) is 42.7 Å². The van der Waals surface area contributed by atoms with E-state index in [4.69, 9.17) is 0 Å². The van der Waals surface area contributed by atoms with Gasteiger partial charge in [-0.05, 0) is 69.8 Å². The van der Waals surface area contributed by atoms with Crippen molar-refractivity contribution < 1.29 is 9.59 Å². The Bertz CT molecular complexity index is 790. The van der Waals surface area contributed by atoms with Gasteiger partial charge in [0, 0.05) is 32.0 Å². The van der Waals surface area contributed by atoms with Gasteiger partial charge in [-0.15, -0.1) is 0 Å². The third-order valence-electron chi connectivity index (χ3n) is 6.28. The van der Waals surface area contributed by atoms with Gasteiger partial charge in [0.25, 0.3) is 5.91 Å². The second-order valence-electron chi connectivity index (χ2n) is 8.31. The lowest BCUT2D eigenvalue weighted by atomic mass is 10.0. The molecule has 2 fully saturated rings. The summed E-state index contributed by atoms with van der Waals surface area (Å²) in [5.41, 5.74) is 3.36. The molecule has 3 aliphatic rings. The van der Waals surface area contributed by atoms with Crippen LogP contribution < -0.4 is 5.01 Å². The molecule has 2 saturated heterocycles. The molecule has 150 valence electrons. The van der Waals surface area contributed by atoms with E-state index >= 15 is 0 Å². The highest BCUT2D eigenvalue weighted by molar-refractivity contribution is 6.40. The van der Waals surface area contributed by atoms with Crippen molar-refractivity contribution in [2.24, 2.45) is 5.10 Å². The molecule has 0 aliphatic carbocycles. The number of hydrazone groups is 1. The van der Waals surface area contributed by atoms with Gasteiger partial charge in [0.2, 0.25) is 5.91 Å². The predicted molar refractivity (Wildman–Crippen MR) is 110 cm³/mol. The standard InChI is InChI=1S/C22H30N4O2/c1-16-5-6-17(2)20(15-16)26-21(27)8-7-19(23-26)22(28)25-13-9-18(10-14-25)24-11-3-4-12-24/h5-6,15,18H,3-4,7-14H2,1-2H3. The van der Waals surface area contributed by atoms with Crippen molar-refractivity contribution in [2.75, 3.05) is 31.2 Å². The van der Waals surface area contributed by atoms with Crippen LogP contribution in [0.15, 0.2) is 23.3 Å². The van der Waals surface area contributed by atoms with Crippen LogP contribution >= 0.6 is 0 Å². The molecule has 0 aromatic heterocycles. The number of carbonyl (C=O) groups is 2. The Kier molecular flexibility index (Phi) is 5.49. The van der Waals surface area contributed by atoms with Crippen molar-refractivity contribution in [1.82, 2.24) is 9.80 Å². The first-order chi connectivity index (χ1) is 13.5. The highest BCUT2D eigenvalue weighted by atomic mass is 16.2. The first-order valence-electron chi connectivity index (χ1n) is 10.5. The summed E-state index contributed by atoms with van der Waals surface area (Å²) >= 11 is 0. The van der Waals surface area contributed by atoms with Crippen molar-refractivity contribution in [3.8, 4) is 0 Å². The quantitative estimate of drug-likeness (QED) is 0.808. The number of hydrogen-bond donors (Lipinski definition) is 0. The molecule has 4 rings (SSSR count). The SMILES string of the molecule is Cc1ccc(C)c(N2N=C(C(=O)N3CCC(N4CCCC4)CC3)CCC2=O)c1. The summed E-state index contributed by atoms with van der Waals surface area (Å²) in [7, 11) is 0. The second-order valence-corrected chi connectivity index (χ2v) is 8.31. The fourth-order valence-corrected chi connectivity index (χ4v) is 4.57. The first-order valence-corrected chi connectivity index (χ1v) is 10.5. The summed E-state index contributed by atoms with van der Waals surface area (Å²) in [5.74, 6) is -0.0410. The predicted octanol–water partition coefficient (Wildman–Crippen LogP) is 2.87. The molecule has 3 heterocycles. The fraction of sp³-hybridized carbons (Fsp3) is 0.591. The summed E-state index contributed by atoms with van der Waals surface area (Å²) in [4.78, 5) is 30.1. The number of piperidine rings is 1. The molecule has 1 aromatic carbocycles. The Hall–Kier alpha value is -2.21. The minimum Gasteiger partial charge on any atom is -0.337 e. The third-order valence-corrected chi connectivity index (χ3v) is 6.28. The molecule has 2 amide bonds. The van der Waals surface area contributed by atoms with Crippen LogP contribution in [-0.2, 0) is 9.59 Å². The number of carbonyl (C=O) groups excluding carboxylic acids is 2. The van der Waals surface area contributed by atoms with Crippen LogP contribution in [0.2, 0.25) is 0 Å². The van der Waals surface area contributed by atoms with Gasteiger partial charge in [-0.3, -0.25) is 9.59 Å². The zero-order valence-corrected chi connectivity index (χ0v) is 17.0. The van der Waals surface area contributed by atoms with Crippen molar-refractivity contribution in [3.63, 3.8) is 0 Å². The lowest BCUT2D eigenvalue weighted by molar-refractivity contribution is -0.125. The van der Waals surface area contributed by atoms with E-state index in [9.17, 15) is 9.59 Å². The topological polar surface area (TPSA) is 56.2 Å². The summed E-state index contributed by atoms with van der Waals surface area (Å²) in [6.07, 6.45) is 5.46. The molecule has 6 heteroatoms. The van der Waals surface area contributed by atoms with Crippen molar-refractivity contribution in [1.29, 1.82) is 0 Å². The maximum atomic E-state index is 13.1. The fourth-order valence-electron chi connectivity index (χ4n) is 4.57. The Morgan fingerprint density at radius 1 is 1.04 bits per heavy atom. The van der Waals surface area contributed by atoms with E-state index < -0.39 is 0 Å². The normalized spacial score (nSPS) is 21.9. The van der Waals surface area contributed by atoms with Crippen LogP contribution in [0.5, 0.6) is 0 Å². The lowest BCUT2D eigenvalue weighted by Gasteiger charge is -2.37. The molecule has 0 atom stereocenters. The molecule has 0 N–H and O–H groups in total. The third kappa shape index (κ3) is 3.83. The minimum atomic E-state index is -0.0435. The molecular formula is C22H30N4O2. The molecule has 0 saturated carbocycles. The van der Waals surface area contributed by atoms with E-state index in [-0.39, 0.29) is 11.8 Å². The van der Waals surface area contributed by atoms with Gasteiger partial charge in [0.1, 0.15) is 5.71 Å². The summed E-state index contributed by atoms with van der Waals surface area (Å²) in [5, 5.41) is 5.95. The molecule has 0 radical (unpaired) electrons. The van der Waals surface area contributed by atoms with Gasteiger partial charge in [0.05, 0.1) is 5.69 Å². The number of aryl methyl sites for hydroxylation is 2. The highest BCUT2D eigenvalue weighted by Crippen LogP contribution is 2.26. The molecule has 1 aromatic rings. The molecule has 3 aliphatic heterocycles. The molecule has 0 bridgehead atoms. The van der Waals surface area contributed by atoms with Crippen LogP contribution in [-0.4, -0.2) is 59.5 Å². The zero-order valence-electron chi connectivity index (χ0n) is 17.0. The minimum absolute atomic E-state index is 0.00248. The zero-order chi connectivity index (χ0) is 19.7. The Labute approximate surface area is 167 Å². The van der Waals surface area contributed by atoms with Crippen molar-refractivity contribution >= 4 is 23.2 Å². The smallest absolute Gasteiger partial charge is 0.270 e. The van der Waals surface area contributed by atoms with Crippen LogP contribution in [0.1, 0.15) is 49.7 Å². The molecule has 6 nitrogen and oxygen atoms in total. The number of benzene rings is 1. The number of hydrogen-bond acceptors (Lipinski definition) is 4. The van der Waals surface area contributed by atoms with Gasteiger partial charge in [-0.1, -0.05) is 12.1 Å². The molecule has 0 unspecified atom stereocenters. The maximum Gasteiger partial charge on any atom is 0.270 e. The molecule has 28 heavy (non-hydrogen) atoms. The van der Waals surface area contributed by atoms with Gasteiger partial charge >= 0.3 is 0 Å². The second kappa shape index (κ2) is 8.03. The largest absolute Gasteiger partial charge is 0.337 e. The van der Waals surface area contributed by atoms with E-state index in [2.05, 4.69) is 10.0 Å². The summed E-state index contributed by atoms with van der Waals surface area (Å²) < 4.78 is 0. The van der Waals surface area contributed by atoms with E-state index in [1.54, 1.807) is 0 Å². The van der Waals surface area contributed by atoms with E-state index in [0.29, 0.717) is 24.6 Å². The van der Waals surface area contributed by atoms with Crippen LogP contribution in [0.25, 0.3) is 0 Å². The van der Waals surface area contributed by atoms with Crippen LogP contribution in [0.3, 0.4) is 0 Å². The van der Waals surface area contributed by atoms with Crippen molar-refractivity contribution in [3.05, 3.63) is 29.3 Å². The maximum absolute atomic E-state index is 13.1. The Balaban J connectivity index is 1.46. The number of anilines is 1. The molecular weight excluding hydrogens is 352 g/mol. The van der Waals surface area contributed by atoms with Crippen LogP contribution in [0, 0.1) is 13.8 Å². The van der Waals surface area contributed by atoms with Gasteiger partial charge in [-0.25, -0.2) is 5.01 Å². The highest BCUT2D eigenvalue weighted by Gasteiger charge is 2.32. The average Bonchev–Trinajstić information content (AvgIpc) is 3.25. The van der Waals surface area contributed by atoms with Crippen molar-refractivity contribution in [2.45, 2.75) is 58.4 Å². The number of likely N-dealkylation sites (tertiary alicyclic amines) is 2. The van der Waals surface area contributed by atoms with Gasteiger partial charge in [-0.2, -0.15) is 5.10 Å². The Morgan fingerprint density at radius 2 is 1.75 bits per heavy atom. The van der Waals surface area contributed by atoms with Crippen LogP contribution in [0.4, 0.5) is 5.69 Å². The number of nitrogens with zero attached hydrogens (tertiary/aromatic N) is 4. The van der Waals surface area contributed by atoms with Gasteiger partial charge in [0.15, 0.2) is 0 Å².